The quantitative estimate of drug-likeness (QED) is 0.299. The number of nitrogens with zero attached hydrogens (tertiary/aromatic N) is 1. The molecule has 1 aromatic carbocycles. The Hall–Kier alpha value is -3.40. The van der Waals surface area contributed by atoms with Gasteiger partial charge in [0.2, 0.25) is 0 Å². The fourth-order valence-corrected chi connectivity index (χ4v) is 1.37. The van der Waals surface area contributed by atoms with Crippen molar-refractivity contribution in [2.45, 2.75) is 26.9 Å². The number of nitriles is 1. The van der Waals surface area contributed by atoms with Crippen molar-refractivity contribution in [3.8, 4) is 6.07 Å². The Morgan fingerprint density at radius 1 is 0.926 bits per heavy atom. The minimum absolute atomic E-state index is 0.0249. The zero-order valence-electron chi connectivity index (χ0n) is 15.5. The molecule has 144 valence electrons. The molecule has 0 aliphatic carbocycles. The largest absolute Gasteiger partial charge is 0.461 e. The number of hydrogen-bond acceptors (Lipinski definition) is 7. The Labute approximate surface area is 158 Å². The minimum Gasteiger partial charge on any atom is -0.461 e. The second kappa shape index (κ2) is 13.8. The van der Waals surface area contributed by atoms with E-state index in [0.29, 0.717) is 12.2 Å². The van der Waals surface area contributed by atoms with E-state index in [1.54, 1.807) is 13.0 Å². The van der Waals surface area contributed by atoms with Crippen LogP contribution in [0.4, 0.5) is 0 Å². The molecule has 0 aliphatic heterocycles. The molecule has 0 N–H and O–H groups in total. The SMILES string of the molecule is C=C(C)C(=O)OCCOC(=O)CC#N.C=C(C)C(=O)OCc1ccccc1. The Morgan fingerprint density at radius 3 is 1.96 bits per heavy atom. The van der Waals surface area contributed by atoms with E-state index in [-0.39, 0.29) is 31.2 Å². The Morgan fingerprint density at radius 2 is 1.44 bits per heavy atom. The van der Waals surface area contributed by atoms with Gasteiger partial charge in [0.25, 0.3) is 0 Å². The molecule has 7 nitrogen and oxygen atoms in total. The molecule has 0 saturated heterocycles. The molecule has 1 rings (SSSR count). The van der Waals surface area contributed by atoms with Gasteiger partial charge in [0.15, 0.2) is 0 Å². The van der Waals surface area contributed by atoms with E-state index in [0.717, 1.165) is 5.56 Å². The minimum atomic E-state index is -0.626. The second-order valence-electron chi connectivity index (χ2n) is 5.31. The van der Waals surface area contributed by atoms with Crippen molar-refractivity contribution >= 4 is 17.9 Å². The summed E-state index contributed by atoms with van der Waals surface area (Å²) in [6, 6.07) is 11.2. The van der Waals surface area contributed by atoms with Crippen LogP contribution in [0.2, 0.25) is 0 Å². The van der Waals surface area contributed by atoms with Crippen molar-refractivity contribution in [3.63, 3.8) is 0 Å². The van der Waals surface area contributed by atoms with Crippen LogP contribution in [0.25, 0.3) is 0 Å². The third-order valence-electron chi connectivity index (χ3n) is 2.71. The summed E-state index contributed by atoms with van der Waals surface area (Å²) in [6.07, 6.45) is -0.297. The van der Waals surface area contributed by atoms with E-state index in [9.17, 15) is 14.4 Å². The van der Waals surface area contributed by atoms with E-state index < -0.39 is 11.9 Å². The van der Waals surface area contributed by atoms with E-state index >= 15 is 0 Å². The average Bonchev–Trinajstić information content (AvgIpc) is 2.64. The predicted octanol–water partition coefficient (Wildman–Crippen LogP) is 2.87. The van der Waals surface area contributed by atoms with Gasteiger partial charge in [-0.25, -0.2) is 9.59 Å². The first-order valence-corrected chi connectivity index (χ1v) is 7.99. The van der Waals surface area contributed by atoms with Gasteiger partial charge in [0, 0.05) is 11.1 Å². The molecular weight excluding hydrogens is 350 g/mol. The smallest absolute Gasteiger partial charge is 0.333 e. The number of benzene rings is 1. The lowest BCUT2D eigenvalue weighted by Gasteiger charge is -2.04. The van der Waals surface area contributed by atoms with Crippen LogP contribution in [0.15, 0.2) is 54.6 Å². The normalized spacial score (nSPS) is 8.93. The van der Waals surface area contributed by atoms with E-state index in [4.69, 9.17) is 10.00 Å². The van der Waals surface area contributed by atoms with Crippen LogP contribution in [-0.2, 0) is 35.2 Å². The maximum absolute atomic E-state index is 11.0. The number of hydrogen-bond donors (Lipinski definition) is 0. The number of rotatable bonds is 8. The summed E-state index contributed by atoms with van der Waals surface area (Å²) in [7, 11) is 0. The Kier molecular flexibility index (Phi) is 12.1. The standard InChI is InChI=1S/C11H12O2.C9H11NO4/c1-9(2)11(12)13-8-10-6-4-3-5-7-10;1-7(2)9(12)14-6-5-13-8(11)3-4-10/h3-7H,1,8H2,2H3;1,3,5-6H2,2H3. The highest BCUT2D eigenvalue weighted by Crippen LogP contribution is 2.02. The summed E-state index contributed by atoms with van der Waals surface area (Å²) in [5, 5.41) is 8.11. The van der Waals surface area contributed by atoms with Gasteiger partial charge in [-0.2, -0.15) is 5.26 Å². The summed E-state index contributed by atoms with van der Waals surface area (Å²) in [6.45, 7) is 10.3. The molecule has 0 aromatic heterocycles. The first kappa shape index (κ1) is 23.6. The number of ether oxygens (including phenoxy) is 3. The first-order chi connectivity index (χ1) is 12.8. The summed E-state index contributed by atoms with van der Waals surface area (Å²) >= 11 is 0. The van der Waals surface area contributed by atoms with Crippen LogP contribution in [0, 0.1) is 11.3 Å². The molecule has 0 unspecified atom stereocenters. The van der Waals surface area contributed by atoms with Gasteiger partial charge in [0.1, 0.15) is 26.2 Å². The monoisotopic (exact) mass is 373 g/mol. The molecule has 0 radical (unpaired) electrons. The lowest BCUT2D eigenvalue weighted by atomic mass is 10.2. The van der Waals surface area contributed by atoms with Gasteiger partial charge in [-0.15, -0.1) is 0 Å². The molecule has 0 spiro atoms. The lowest BCUT2D eigenvalue weighted by molar-refractivity contribution is -0.149. The zero-order chi connectivity index (χ0) is 20.7. The third-order valence-corrected chi connectivity index (χ3v) is 2.71. The van der Waals surface area contributed by atoms with Gasteiger partial charge in [-0.05, 0) is 19.4 Å². The van der Waals surface area contributed by atoms with Gasteiger partial charge in [-0.1, -0.05) is 43.5 Å². The summed E-state index contributed by atoms with van der Waals surface area (Å²) < 4.78 is 14.1. The van der Waals surface area contributed by atoms with Crippen LogP contribution in [0.5, 0.6) is 0 Å². The predicted molar refractivity (Wildman–Crippen MR) is 98.0 cm³/mol. The van der Waals surface area contributed by atoms with Gasteiger partial charge in [0.05, 0.1) is 6.07 Å². The molecule has 0 saturated carbocycles. The van der Waals surface area contributed by atoms with Crippen LogP contribution >= 0.6 is 0 Å². The van der Waals surface area contributed by atoms with E-state index in [1.165, 1.54) is 6.92 Å². The highest BCUT2D eigenvalue weighted by Gasteiger charge is 2.04. The Bertz CT molecular complexity index is 703. The molecule has 27 heavy (non-hydrogen) atoms. The summed E-state index contributed by atoms with van der Waals surface area (Å²) in [4.78, 5) is 32.4. The fourth-order valence-electron chi connectivity index (χ4n) is 1.37. The maximum atomic E-state index is 11.0. The summed E-state index contributed by atoms with van der Waals surface area (Å²) in [5.74, 6) is -1.50. The molecule has 0 bridgehead atoms. The van der Waals surface area contributed by atoms with Crippen LogP contribution < -0.4 is 0 Å². The van der Waals surface area contributed by atoms with Crippen LogP contribution in [0.1, 0.15) is 25.8 Å². The van der Waals surface area contributed by atoms with Crippen molar-refractivity contribution in [2.75, 3.05) is 13.2 Å². The van der Waals surface area contributed by atoms with Gasteiger partial charge in [-0.3, -0.25) is 4.79 Å². The molecule has 0 aliphatic rings. The molecular formula is C20H23NO6. The van der Waals surface area contributed by atoms with Crippen molar-refractivity contribution in [1.29, 1.82) is 5.26 Å². The Balaban J connectivity index is 0.000000501. The number of esters is 3. The molecule has 0 heterocycles. The van der Waals surface area contributed by atoms with E-state index in [2.05, 4.69) is 22.6 Å². The van der Waals surface area contributed by atoms with Crippen molar-refractivity contribution in [3.05, 3.63) is 60.2 Å². The van der Waals surface area contributed by atoms with Crippen molar-refractivity contribution < 1.29 is 28.6 Å². The summed E-state index contributed by atoms with van der Waals surface area (Å²) in [5.41, 5.74) is 1.70. The molecule has 0 atom stereocenters. The molecule has 7 heteroatoms. The lowest BCUT2D eigenvalue weighted by Crippen LogP contribution is -2.13. The van der Waals surface area contributed by atoms with Crippen LogP contribution in [0.3, 0.4) is 0 Å². The third kappa shape index (κ3) is 12.6. The highest BCUT2D eigenvalue weighted by molar-refractivity contribution is 5.87. The maximum Gasteiger partial charge on any atom is 0.333 e. The van der Waals surface area contributed by atoms with Gasteiger partial charge < -0.3 is 14.2 Å². The van der Waals surface area contributed by atoms with E-state index in [1.807, 2.05) is 30.3 Å². The van der Waals surface area contributed by atoms with Crippen LogP contribution in [-0.4, -0.2) is 31.1 Å². The second-order valence-corrected chi connectivity index (χ2v) is 5.31. The number of carbonyl (C=O) groups excluding carboxylic acids is 3. The number of carbonyl (C=O) groups is 3. The first-order valence-electron chi connectivity index (χ1n) is 7.99. The topological polar surface area (TPSA) is 103 Å². The molecule has 1 aromatic rings. The van der Waals surface area contributed by atoms with Crippen molar-refractivity contribution in [2.24, 2.45) is 0 Å². The molecule has 0 fully saturated rings. The fraction of sp³-hybridized carbons (Fsp3) is 0.300. The zero-order valence-corrected chi connectivity index (χ0v) is 15.5. The van der Waals surface area contributed by atoms with Gasteiger partial charge >= 0.3 is 17.9 Å². The average molecular weight is 373 g/mol. The van der Waals surface area contributed by atoms with Crippen molar-refractivity contribution in [1.82, 2.24) is 0 Å². The molecule has 0 amide bonds. The highest BCUT2D eigenvalue weighted by atomic mass is 16.6.